The zero-order valence-corrected chi connectivity index (χ0v) is 10.2. The van der Waals surface area contributed by atoms with Gasteiger partial charge in [-0.2, -0.15) is 4.80 Å². The average molecular weight is 239 g/mol. The van der Waals surface area contributed by atoms with Crippen molar-refractivity contribution in [3.05, 3.63) is 5.82 Å². The fourth-order valence-electron chi connectivity index (χ4n) is 1.87. The minimum Gasteiger partial charge on any atom is -0.481 e. The molecule has 1 aliphatic heterocycles. The van der Waals surface area contributed by atoms with Crippen LogP contribution in [0.3, 0.4) is 0 Å². The van der Waals surface area contributed by atoms with Gasteiger partial charge in [-0.05, 0) is 26.0 Å². The van der Waals surface area contributed by atoms with Crippen molar-refractivity contribution in [1.29, 1.82) is 0 Å². The number of carbonyl (C=O) groups is 1. The highest BCUT2D eigenvalue weighted by molar-refractivity contribution is 5.72. The van der Waals surface area contributed by atoms with E-state index in [1.54, 1.807) is 0 Å². The molecule has 94 valence electrons. The van der Waals surface area contributed by atoms with Crippen LogP contribution in [0.4, 0.5) is 0 Å². The molecule has 1 aliphatic rings. The van der Waals surface area contributed by atoms with E-state index >= 15 is 0 Å². The SMILES string of the molecule is CC(C)(C)n1nnc(C2CNCC2C(=O)O)n1. The molecule has 7 nitrogen and oxygen atoms in total. The van der Waals surface area contributed by atoms with E-state index in [1.807, 2.05) is 20.8 Å². The lowest BCUT2D eigenvalue weighted by Crippen LogP contribution is -2.25. The normalized spacial score (nSPS) is 25.1. The molecule has 0 saturated carbocycles. The van der Waals surface area contributed by atoms with Crippen LogP contribution in [0.15, 0.2) is 0 Å². The Balaban J connectivity index is 2.23. The number of hydrogen-bond acceptors (Lipinski definition) is 5. The summed E-state index contributed by atoms with van der Waals surface area (Å²) in [5.41, 5.74) is -0.240. The minimum absolute atomic E-state index is 0.191. The number of nitrogens with zero attached hydrogens (tertiary/aromatic N) is 4. The number of hydrogen-bond donors (Lipinski definition) is 2. The number of aliphatic carboxylic acids is 1. The van der Waals surface area contributed by atoms with E-state index in [-0.39, 0.29) is 11.5 Å². The van der Waals surface area contributed by atoms with E-state index in [4.69, 9.17) is 5.11 Å². The van der Waals surface area contributed by atoms with Gasteiger partial charge >= 0.3 is 5.97 Å². The largest absolute Gasteiger partial charge is 0.481 e. The van der Waals surface area contributed by atoms with Gasteiger partial charge in [0.05, 0.1) is 11.5 Å². The van der Waals surface area contributed by atoms with Crippen LogP contribution in [-0.2, 0) is 10.3 Å². The Morgan fingerprint density at radius 3 is 2.71 bits per heavy atom. The molecule has 2 N–H and O–H groups in total. The van der Waals surface area contributed by atoms with Crippen LogP contribution in [0.1, 0.15) is 32.5 Å². The first-order valence-electron chi connectivity index (χ1n) is 5.63. The monoisotopic (exact) mass is 239 g/mol. The topological polar surface area (TPSA) is 92.9 Å². The first-order valence-corrected chi connectivity index (χ1v) is 5.63. The molecule has 1 aromatic heterocycles. The van der Waals surface area contributed by atoms with Crippen molar-refractivity contribution in [3.8, 4) is 0 Å². The van der Waals surface area contributed by atoms with E-state index in [0.717, 1.165) is 0 Å². The molecular formula is C10H17N5O2. The zero-order valence-electron chi connectivity index (χ0n) is 10.2. The molecule has 2 rings (SSSR count). The number of aromatic nitrogens is 4. The summed E-state index contributed by atoms with van der Waals surface area (Å²) in [6.07, 6.45) is 0. The summed E-state index contributed by atoms with van der Waals surface area (Å²) in [7, 11) is 0. The Hall–Kier alpha value is -1.50. The summed E-state index contributed by atoms with van der Waals surface area (Å²) >= 11 is 0. The zero-order chi connectivity index (χ0) is 12.6. The van der Waals surface area contributed by atoms with E-state index in [1.165, 1.54) is 4.80 Å². The third-order valence-electron chi connectivity index (χ3n) is 2.89. The van der Waals surface area contributed by atoms with Gasteiger partial charge in [-0.1, -0.05) is 0 Å². The predicted molar refractivity (Wildman–Crippen MR) is 59.5 cm³/mol. The minimum atomic E-state index is -0.813. The van der Waals surface area contributed by atoms with Crippen LogP contribution in [0.25, 0.3) is 0 Å². The standard InChI is InChI=1S/C10H17N5O2/c1-10(2,3)15-13-8(12-14-15)6-4-11-5-7(6)9(16)17/h6-7,11H,4-5H2,1-3H3,(H,16,17). The summed E-state index contributed by atoms with van der Waals surface area (Å²) in [6, 6.07) is 0. The van der Waals surface area contributed by atoms with Crippen molar-refractivity contribution >= 4 is 5.97 Å². The van der Waals surface area contributed by atoms with E-state index in [2.05, 4.69) is 20.7 Å². The summed E-state index contributed by atoms with van der Waals surface area (Å²) in [4.78, 5) is 12.6. The van der Waals surface area contributed by atoms with Crippen LogP contribution >= 0.6 is 0 Å². The molecule has 2 atom stereocenters. The Kier molecular flexibility index (Phi) is 2.86. The molecule has 0 radical (unpaired) electrons. The fraction of sp³-hybridized carbons (Fsp3) is 0.800. The second-order valence-electron chi connectivity index (χ2n) is 5.32. The third-order valence-corrected chi connectivity index (χ3v) is 2.89. The summed E-state index contributed by atoms with van der Waals surface area (Å²) in [6.45, 7) is 6.97. The second kappa shape index (κ2) is 4.06. The lowest BCUT2D eigenvalue weighted by atomic mass is 9.96. The van der Waals surface area contributed by atoms with Crippen molar-refractivity contribution in [3.63, 3.8) is 0 Å². The maximum atomic E-state index is 11.1. The molecule has 0 amide bonds. The lowest BCUT2D eigenvalue weighted by molar-refractivity contribution is -0.141. The van der Waals surface area contributed by atoms with Gasteiger partial charge in [0.15, 0.2) is 5.82 Å². The van der Waals surface area contributed by atoms with Crippen molar-refractivity contribution in [2.24, 2.45) is 5.92 Å². The Morgan fingerprint density at radius 1 is 1.47 bits per heavy atom. The first-order chi connectivity index (χ1) is 7.89. The van der Waals surface area contributed by atoms with Crippen LogP contribution in [0, 0.1) is 5.92 Å². The molecule has 17 heavy (non-hydrogen) atoms. The van der Waals surface area contributed by atoms with Crippen molar-refractivity contribution < 1.29 is 9.90 Å². The first kappa shape index (κ1) is 12.0. The highest BCUT2D eigenvalue weighted by Crippen LogP contribution is 2.25. The van der Waals surface area contributed by atoms with Gasteiger partial charge in [0.1, 0.15) is 0 Å². The molecule has 1 fully saturated rings. The molecule has 2 unspecified atom stereocenters. The van der Waals surface area contributed by atoms with E-state index in [0.29, 0.717) is 18.9 Å². The van der Waals surface area contributed by atoms with Crippen LogP contribution < -0.4 is 5.32 Å². The van der Waals surface area contributed by atoms with Gasteiger partial charge in [0.25, 0.3) is 0 Å². The summed E-state index contributed by atoms with van der Waals surface area (Å²) in [5.74, 6) is -0.958. The molecule has 1 aromatic rings. The predicted octanol–water partition coefficient (Wildman–Crippen LogP) is -0.184. The number of carboxylic acids is 1. The van der Waals surface area contributed by atoms with Gasteiger partial charge in [0, 0.05) is 19.0 Å². The Labute approximate surface area is 99.2 Å². The molecule has 0 spiro atoms. The average Bonchev–Trinajstić information content (AvgIpc) is 2.85. The highest BCUT2D eigenvalue weighted by Gasteiger charge is 2.37. The maximum absolute atomic E-state index is 11.1. The molecule has 2 heterocycles. The van der Waals surface area contributed by atoms with Crippen molar-refractivity contribution in [2.45, 2.75) is 32.2 Å². The quantitative estimate of drug-likeness (QED) is 0.743. The van der Waals surface area contributed by atoms with Crippen LogP contribution in [0.5, 0.6) is 0 Å². The van der Waals surface area contributed by atoms with Crippen molar-refractivity contribution in [2.75, 3.05) is 13.1 Å². The Morgan fingerprint density at radius 2 is 2.18 bits per heavy atom. The smallest absolute Gasteiger partial charge is 0.308 e. The number of tetrazole rings is 1. The molecule has 1 saturated heterocycles. The third kappa shape index (κ3) is 2.28. The number of carboxylic acid groups (broad SMARTS) is 1. The van der Waals surface area contributed by atoms with E-state index < -0.39 is 11.9 Å². The molecule has 7 heteroatoms. The van der Waals surface area contributed by atoms with Crippen LogP contribution in [0.2, 0.25) is 0 Å². The summed E-state index contributed by atoms with van der Waals surface area (Å²) < 4.78 is 0. The van der Waals surface area contributed by atoms with Gasteiger partial charge in [-0.3, -0.25) is 4.79 Å². The molecule has 0 aliphatic carbocycles. The maximum Gasteiger partial charge on any atom is 0.308 e. The highest BCUT2D eigenvalue weighted by atomic mass is 16.4. The molecular weight excluding hydrogens is 222 g/mol. The lowest BCUT2D eigenvalue weighted by Gasteiger charge is -2.16. The van der Waals surface area contributed by atoms with Gasteiger partial charge in [0.2, 0.25) is 0 Å². The Bertz CT molecular complexity index is 423. The number of nitrogens with one attached hydrogen (secondary N) is 1. The van der Waals surface area contributed by atoms with Crippen molar-refractivity contribution in [1.82, 2.24) is 25.5 Å². The molecule has 0 bridgehead atoms. The van der Waals surface area contributed by atoms with Gasteiger partial charge < -0.3 is 10.4 Å². The van der Waals surface area contributed by atoms with E-state index in [9.17, 15) is 4.79 Å². The van der Waals surface area contributed by atoms with Gasteiger partial charge in [-0.25, -0.2) is 0 Å². The summed E-state index contributed by atoms with van der Waals surface area (Å²) in [5, 5.41) is 24.4. The molecule has 0 aromatic carbocycles. The fourth-order valence-corrected chi connectivity index (χ4v) is 1.87. The second-order valence-corrected chi connectivity index (χ2v) is 5.32. The number of rotatable bonds is 2. The van der Waals surface area contributed by atoms with Gasteiger partial charge in [-0.15, -0.1) is 10.2 Å². The van der Waals surface area contributed by atoms with Crippen LogP contribution in [-0.4, -0.2) is 44.4 Å².